The Labute approximate surface area is 148 Å². The Bertz CT molecular complexity index is 559. The van der Waals surface area contributed by atoms with E-state index in [0.29, 0.717) is 6.10 Å². The highest BCUT2D eigenvalue weighted by Gasteiger charge is 2.35. The van der Waals surface area contributed by atoms with Gasteiger partial charge in [-0.05, 0) is 50.2 Å². The minimum Gasteiger partial charge on any atom is -0.490 e. The number of thioether (sulfide) groups is 1. The first kappa shape index (κ1) is 16.3. The number of ether oxygens (including phenoxy) is 1. The van der Waals surface area contributed by atoms with Crippen molar-refractivity contribution in [1.29, 1.82) is 0 Å². The van der Waals surface area contributed by atoms with E-state index in [1.165, 1.54) is 32.4 Å². The van der Waals surface area contributed by atoms with Gasteiger partial charge in [0.15, 0.2) is 0 Å². The minimum absolute atomic E-state index is 0.139. The zero-order chi connectivity index (χ0) is 16.4. The Kier molecular flexibility index (Phi) is 4.99. The van der Waals surface area contributed by atoms with E-state index in [9.17, 15) is 4.79 Å². The van der Waals surface area contributed by atoms with Crippen LogP contribution in [0.3, 0.4) is 0 Å². The van der Waals surface area contributed by atoms with Gasteiger partial charge in [-0.1, -0.05) is 6.42 Å². The van der Waals surface area contributed by atoms with Crippen LogP contribution in [-0.4, -0.2) is 59.1 Å². The van der Waals surface area contributed by atoms with Gasteiger partial charge in [0.05, 0.1) is 5.88 Å². The van der Waals surface area contributed by atoms with Crippen LogP contribution in [-0.2, 0) is 0 Å². The van der Waals surface area contributed by atoms with Gasteiger partial charge in [0.25, 0.3) is 5.91 Å². The molecule has 24 heavy (non-hydrogen) atoms. The van der Waals surface area contributed by atoms with E-state index < -0.39 is 0 Å². The van der Waals surface area contributed by atoms with Crippen LogP contribution in [0.5, 0.6) is 5.75 Å². The third kappa shape index (κ3) is 3.57. The van der Waals surface area contributed by atoms with Crippen molar-refractivity contribution in [2.45, 2.75) is 44.2 Å². The molecule has 4 nitrogen and oxygen atoms in total. The molecule has 5 heteroatoms. The highest BCUT2D eigenvalue weighted by Crippen LogP contribution is 2.31. The fourth-order valence-corrected chi connectivity index (χ4v) is 4.79. The Balaban J connectivity index is 1.26. The second-order valence-corrected chi connectivity index (χ2v) is 8.17. The SMILES string of the molecule is O=C(c1ccc(O[C@H]2C[C@H](N3CCCCC3)C2)cc1)N1CCSC1. The van der Waals surface area contributed by atoms with Crippen LogP contribution in [0, 0.1) is 0 Å². The van der Waals surface area contributed by atoms with Crippen LogP contribution in [0.4, 0.5) is 0 Å². The molecule has 0 bridgehead atoms. The quantitative estimate of drug-likeness (QED) is 0.838. The molecule has 1 amide bonds. The van der Waals surface area contributed by atoms with Crippen LogP contribution in [0.2, 0.25) is 0 Å². The van der Waals surface area contributed by atoms with Crippen molar-refractivity contribution in [2.24, 2.45) is 0 Å². The number of likely N-dealkylation sites (tertiary alicyclic amines) is 1. The lowest BCUT2D eigenvalue weighted by molar-refractivity contribution is 0.00892. The Morgan fingerprint density at radius 1 is 1.04 bits per heavy atom. The maximum absolute atomic E-state index is 12.3. The summed E-state index contributed by atoms with van der Waals surface area (Å²) >= 11 is 1.82. The molecule has 0 N–H and O–H groups in total. The number of hydrogen-bond acceptors (Lipinski definition) is 4. The molecule has 2 aliphatic heterocycles. The summed E-state index contributed by atoms with van der Waals surface area (Å²) in [7, 11) is 0. The van der Waals surface area contributed by atoms with Gasteiger partial charge in [0.2, 0.25) is 0 Å². The molecular weight excluding hydrogens is 320 g/mol. The van der Waals surface area contributed by atoms with Crippen LogP contribution < -0.4 is 4.74 Å². The monoisotopic (exact) mass is 346 g/mol. The van der Waals surface area contributed by atoms with E-state index >= 15 is 0 Å². The van der Waals surface area contributed by atoms with Crippen molar-refractivity contribution < 1.29 is 9.53 Å². The summed E-state index contributed by atoms with van der Waals surface area (Å²) in [4.78, 5) is 16.9. The summed E-state index contributed by atoms with van der Waals surface area (Å²) in [5.74, 6) is 2.90. The molecule has 0 unspecified atom stereocenters. The van der Waals surface area contributed by atoms with E-state index in [4.69, 9.17) is 4.74 Å². The zero-order valence-corrected chi connectivity index (χ0v) is 15.0. The zero-order valence-electron chi connectivity index (χ0n) is 14.2. The second kappa shape index (κ2) is 7.36. The molecule has 130 valence electrons. The molecule has 3 fully saturated rings. The van der Waals surface area contributed by atoms with Crippen molar-refractivity contribution in [2.75, 3.05) is 31.3 Å². The summed E-state index contributed by atoms with van der Waals surface area (Å²) < 4.78 is 6.08. The Morgan fingerprint density at radius 2 is 1.79 bits per heavy atom. The third-order valence-corrected chi connectivity index (χ3v) is 6.39. The number of rotatable bonds is 4. The summed E-state index contributed by atoms with van der Waals surface area (Å²) in [6, 6.07) is 8.43. The summed E-state index contributed by atoms with van der Waals surface area (Å²) in [5, 5.41) is 0. The van der Waals surface area contributed by atoms with Crippen molar-refractivity contribution in [1.82, 2.24) is 9.80 Å². The third-order valence-electron chi connectivity index (χ3n) is 5.42. The molecule has 0 spiro atoms. The largest absolute Gasteiger partial charge is 0.490 e. The number of piperidine rings is 1. The first-order valence-corrected chi connectivity index (χ1v) is 10.3. The lowest BCUT2D eigenvalue weighted by atomic mass is 9.86. The van der Waals surface area contributed by atoms with E-state index in [1.54, 1.807) is 0 Å². The standard InChI is InChI=1S/C19H26N2O2S/c22-19(21-10-11-24-14-21)15-4-6-17(7-5-15)23-18-12-16(13-18)20-8-2-1-3-9-20/h4-7,16,18H,1-3,8-14H2/t16-,18-. The highest BCUT2D eigenvalue weighted by molar-refractivity contribution is 7.99. The Morgan fingerprint density at radius 3 is 2.46 bits per heavy atom. The molecule has 0 atom stereocenters. The summed E-state index contributed by atoms with van der Waals surface area (Å²) in [5.41, 5.74) is 0.768. The average Bonchev–Trinajstić information content (AvgIpc) is 3.13. The van der Waals surface area contributed by atoms with Crippen LogP contribution in [0.15, 0.2) is 24.3 Å². The van der Waals surface area contributed by atoms with Gasteiger partial charge < -0.3 is 14.5 Å². The first-order valence-electron chi connectivity index (χ1n) is 9.17. The highest BCUT2D eigenvalue weighted by atomic mass is 32.2. The van der Waals surface area contributed by atoms with Gasteiger partial charge >= 0.3 is 0 Å². The number of hydrogen-bond donors (Lipinski definition) is 0. The molecule has 1 aliphatic carbocycles. The summed E-state index contributed by atoms with van der Waals surface area (Å²) in [6.07, 6.45) is 6.73. The topological polar surface area (TPSA) is 32.8 Å². The molecule has 3 aliphatic rings. The fraction of sp³-hybridized carbons (Fsp3) is 0.632. The van der Waals surface area contributed by atoms with Crippen molar-refractivity contribution in [3.05, 3.63) is 29.8 Å². The number of carbonyl (C=O) groups is 1. The van der Waals surface area contributed by atoms with Crippen LogP contribution >= 0.6 is 11.8 Å². The molecular formula is C19H26N2O2S. The van der Waals surface area contributed by atoms with E-state index in [2.05, 4.69) is 4.90 Å². The molecule has 2 heterocycles. The number of amides is 1. The first-order chi connectivity index (χ1) is 11.8. The predicted molar refractivity (Wildman–Crippen MR) is 97.7 cm³/mol. The van der Waals surface area contributed by atoms with Crippen molar-refractivity contribution >= 4 is 17.7 Å². The molecule has 2 saturated heterocycles. The predicted octanol–water partition coefficient (Wildman–Crippen LogP) is 3.23. The van der Waals surface area contributed by atoms with Gasteiger partial charge in [-0.25, -0.2) is 0 Å². The molecule has 1 aromatic rings. The smallest absolute Gasteiger partial charge is 0.254 e. The maximum atomic E-state index is 12.3. The van der Waals surface area contributed by atoms with E-state index in [-0.39, 0.29) is 5.91 Å². The summed E-state index contributed by atoms with van der Waals surface area (Å²) in [6.45, 7) is 3.40. The normalized spacial score (nSPS) is 27.8. The van der Waals surface area contributed by atoms with Gasteiger partial charge in [0, 0.05) is 36.7 Å². The minimum atomic E-state index is 0.139. The van der Waals surface area contributed by atoms with Gasteiger partial charge in [0.1, 0.15) is 11.9 Å². The average molecular weight is 346 g/mol. The molecule has 0 aromatic heterocycles. The number of nitrogens with zero attached hydrogens (tertiary/aromatic N) is 2. The molecule has 1 saturated carbocycles. The second-order valence-electron chi connectivity index (χ2n) is 7.09. The molecule has 0 radical (unpaired) electrons. The van der Waals surface area contributed by atoms with Gasteiger partial charge in [-0.15, -0.1) is 11.8 Å². The lowest BCUT2D eigenvalue weighted by Gasteiger charge is -2.44. The lowest BCUT2D eigenvalue weighted by Crippen LogP contribution is -2.50. The van der Waals surface area contributed by atoms with Crippen molar-refractivity contribution in [3.8, 4) is 5.75 Å². The van der Waals surface area contributed by atoms with Crippen LogP contribution in [0.1, 0.15) is 42.5 Å². The van der Waals surface area contributed by atoms with Crippen LogP contribution in [0.25, 0.3) is 0 Å². The van der Waals surface area contributed by atoms with Crippen molar-refractivity contribution in [3.63, 3.8) is 0 Å². The number of benzene rings is 1. The van der Waals surface area contributed by atoms with E-state index in [1.807, 2.05) is 40.9 Å². The van der Waals surface area contributed by atoms with E-state index in [0.717, 1.165) is 48.4 Å². The molecule has 4 rings (SSSR count). The molecule has 1 aromatic carbocycles. The Hall–Kier alpha value is -1.20. The fourth-order valence-electron chi connectivity index (χ4n) is 3.84. The number of carbonyl (C=O) groups excluding carboxylic acids is 1. The van der Waals surface area contributed by atoms with Gasteiger partial charge in [-0.2, -0.15) is 0 Å². The van der Waals surface area contributed by atoms with Gasteiger partial charge in [-0.3, -0.25) is 4.79 Å². The maximum Gasteiger partial charge on any atom is 0.254 e.